The molecule has 104 valence electrons. The second-order valence-corrected chi connectivity index (χ2v) is 4.88. The van der Waals surface area contributed by atoms with Gasteiger partial charge in [-0.05, 0) is 19.3 Å². The minimum absolute atomic E-state index is 0.0351. The molecule has 1 aliphatic carbocycles. The molecule has 0 aromatic rings. The van der Waals surface area contributed by atoms with E-state index in [1.807, 2.05) is 0 Å². The molecule has 1 fully saturated rings. The second kappa shape index (κ2) is 7.33. The van der Waals surface area contributed by atoms with Crippen molar-refractivity contribution < 1.29 is 19.8 Å². The molecule has 1 saturated carbocycles. The molecular weight excluding hydrogens is 236 g/mol. The van der Waals surface area contributed by atoms with Gasteiger partial charge in [0.15, 0.2) is 0 Å². The zero-order valence-electron chi connectivity index (χ0n) is 10.5. The first-order valence-electron chi connectivity index (χ1n) is 6.43. The predicted octanol–water partition coefficient (Wildman–Crippen LogP) is -0.154. The molecule has 0 bridgehead atoms. The molecule has 3 atom stereocenters. The summed E-state index contributed by atoms with van der Waals surface area (Å²) in [4.78, 5) is 22.2. The highest BCUT2D eigenvalue weighted by Crippen LogP contribution is 2.23. The van der Waals surface area contributed by atoms with Crippen LogP contribution in [0.25, 0.3) is 0 Å². The number of carbonyl (C=O) groups is 2. The third-order valence-corrected chi connectivity index (χ3v) is 3.48. The fourth-order valence-corrected chi connectivity index (χ4v) is 2.32. The van der Waals surface area contributed by atoms with Crippen LogP contribution < -0.4 is 11.1 Å². The molecule has 3 unspecified atom stereocenters. The first-order valence-corrected chi connectivity index (χ1v) is 6.43. The van der Waals surface area contributed by atoms with Crippen molar-refractivity contribution in [2.45, 2.75) is 50.6 Å². The maximum Gasteiger partial charge on any atom is 0.303 e. The van der Waals surface area contributed by atoms with Crippen molar-refractivity contribution in [2.75, 3.05) is 6.61 Å². The summed E-state index contributed by atoms with van der Waals surface area (Å²) in [6.07, 6.45) is 3.89. The Morgan fingerprint density at radius 3 is 2.61 bits per heavy atom. The molecule has 0 aromatic heterocycles. The Morgan fingerprint density at radius 2 is 2.00 bits per heavy atom. The summed E-state index contributed by atoms with van der Waals surface area (Å²) in [5.74, 6) is -1.18. The van der Waals surface area contributed by atoms with Crippen molar-refractivity contribution in [3.8, 4) is 0 Å². The van der Waals surface area contributed by atoms with Gasteiger partial charge in [-0.3, -0.25) is 9.59 Å². The van der Waals surface area contributed by atoms with Gasteiger partial charge in [0.25, 0.3) is 0 Å². The van der Waals surface area contributed by atoms with Crippen LogP contribution in [0, 0.1) is 5.92 Å². The number of hydrogen-bond acceptors (Lipinski definition) is 4. The maximum atomic E-state index is 11.8. The summed E-state index contributed by atoms with van der Waals surface area (Å²) in [7, 11) is 0. The third kappa shape index (κ3) is 4.62. The van der Waals surface area contributed by atoms with Gasteiger partial charge in [-0.1, -0.05) is 12.8 Å². The van der Waals surface area contributed by atoms with Crippen LogP contribution in [-0.4, -0.2) is 40.8 Å². The lowest BCUT2D eigenvalue weighted by molar-refractivity contribution is -0.137. The van der Waals surface area contributed by atoms with Gasteiger partial charge in [0.05, 0.1) is 6.04 Å². The lowest BCUT2D eigenvalue weighted by atomic mass is 9.85. The molecule has 0 aromatic carbocycles. The Labute approximate surface area is 107 Å². The van der Waals surface area contributed by atoms with Crippen LogP contribution in [0.3, 0.4) is 0 Å². The average Bonchev–Trinajstić information content (AvgIpc) is 2.36. The summed E-state index contributed by atoms with van der Waals surface area (Å²) < 4.78 is 0. The fourth-order valence-electron chi connectivity index (χ4n) is 2.32. The van der Waals surface area contributed by atoms with Gasteiger partial charge in [0.1, 0.15) is 0 Å². The summed E-state index contributed by atoms with van der Waals surface area (Å²) in [6.45, 7) is 0.0648. The number of carboxylic acids is 1. The van der Waals surface area contributed by atoms with Crippen LogP contribution in [0.5, 0.6) is 0 Å². The topological polar surface area (TPSA) is 113 Å². The summed E-state index contributed by atoms with van der Waals surface area (Å²) >= 11 is 0. The molecule has 5 N–H and O–H groups in total. The number of nitrogens with one attached hydrogen (secondary N) is 1. The molecule has 0 aliphatic heterocycles. The molecule has 0 saturated heterocycles. The third-order valence-electron chi connectivity index (χ3n) is 3.48. The highest BCUT2D eigenvalue weighted by atomic mass is 16.4. The normalized spacial score (nSPS) is 25.4. The number of nitrogens with two attached hydrogens (primary N) is 1. The molecule has 1 rings (SSSR count). The monoisotopic (exact) mass is 258 g/mol. The van der Waals surface area contributed by atoms with Gasteiger partial charge in [0.2, 0.25) is 5.91 Å². The van der Waals surface area contributed by atoms with Crippen molar-refractivity contribution in [1.29, 1.82) is 0 Å². The summed E-state index contributed by atoms with van der Waals surface area (Å²) in [5, 5.41) is 20.6. The Morgan fingerprint density at radius 1 is 1.33 bits per heavy atom. The van der Waals surface area contributed by atoms with Crippen LogP contribution in [0.4, 0.5) is 0 Å². The van der Waals surface area contributed by atoms with E-state index in [4.69, 9.17) is 10.8 Å². The minimum Gasteiger partial charge on any atom is -0.481 e. The molecule has 6 heteroatoms. The lowest BCUT2D eigenvalue weighted by Crippen LogP contribution is -2.49. The first-order chi connectivity index (χ1) is 8.54. The van der Waals surface area contributed by atoms with Crippen LogP contribution in [0.2, 0.25) is 0 Å². The van der Waals surface area contributed by atoms with E-state index in [0.29, 0.717) is 0 Å². The molecule has 1 amide bonds. The molecular formula is C12H22N2O4. The fraction of sp³-hybridized carbons (Fsp3) is 0.833. The molecule has 0 spiro atoms. The quantitative estimate of drug-likeness (QED) is 0.529. The van der Waals surface area contributed by atoms with Gasteiger partial charge in [-0.15, -0.1) is 0 Å². The van der Waals surface area contributed by atoms with Crippen molar-refractivity contribution >= 4 is 11.9 Å². The van der Waals surface area contributed by atoms with E-state index in [-0.39, 0.29) is 37.3 Å². The summed E-state index contributed by atoms with van der Waals surface area (Å²) in [6, 6.07) is -0.825. The lowest BCUT2D eigenvalue weighted by Gasteiger charge is -2.31. The van der Waals surface area contributed by atoms with E-state index in [1.54, 1.807) is 0 Å². The maximum absolute atomic E-state index is 11.8. The number of aliphatic hydroxyl groups excluding tert-OH is 1. The number of carbonyl (C=O) groups excluding carboxylic acids is 1. The molecule has 0 heterocycles. The summed E-state index contributed by atoms with van der Waals surface area (Å²) in [5.41, 5.74) is 5.63. The largest absolute Gasteiger partial charge is 0.481 e. The number of carboxylic acid groups (broad SMARTS) is 1. The highest BCUT2D eigenvalue weighted by Gasteiger charge is 2.27. The Kier molecular flexibility index (Phi) is 6.07. The number of aliphatic hydroxyl groups is 1. The first kappa shape index (κ1) is 14.9. The van der Waals surface area contributed by atoms with Gasteiger partial charge in [-0.2, -0.15) is 0 Å². The van der Waals surface area contributed by atoms with Crippen LogP contribution in [0.15, 0.2) is 0 Å². The smallest absolute Gasteiger partial charge is 0.303 e. The predicted molar refractivity (Wildman–Crippen MR) is 65.8 cm³/mol. The van der Waals surface area contributed by atoms with Gasteiger partial charge < -0.3 is 21.3 Å². The standard InChI is InChI=1S/C12H22N2O4/c13-9(5-6-11(16)17)12(18)14-10-4-2-1-3-8(10)7-15/h8-10,15H,1-7,13H2,(H,14,18)(H,16,17). The molecule has 6 nitrogen and oxygen atoms in total. The SMILES string of the molecule is NC(CCC(=O)O)C(=O)NC1CCCCC1CO. The Hall–Kier alpha value is -1.14. The van der Waals surface area contributed by atoms with E-state index in [9.17, 15) is 14.7 Å². The van der Waals surface area contributed by atoms with Crippen molar-refractivity contribution in [3.05, 3.63) is 0 Å². The highest BCUT2D eigenvalue weighted by molar-refractivity contribution is 5.82. The van der Waals surface area contributed by atoms with Crippen molar-refractivity contribution in [1.82, 2.24) is 5.32 Å². The van der Waals surface area contributed by atoms with Crippen molar-refractivity contribution in [2.24, 2.45) is 11.7 Å². The van der Waals surface area contributed by atoms with Gasteiger partial charge in [0, 0.05) is 25.0 Å². The zero-order valence-corrected chi connectivity index (χ0v) is 10.5. The molecule has 18 heavy (non-hydrogen) atoms. The van der Waals surface area contributed by atoms with Crippen LogP contribution >= 0.6 is 0 Å². The van der Waals surface area contributed by atoms with Crippen LogP contribution in [-0.2, 0) is 9.59 Å². The van der Waals surface area contributed by atoms with Gasteiger partial charge >= 0.3 is 5.97 Å². The van der Waals surface area contributed by atoms with E-state index >= 15 is 0 Å². The number of hydrogen-bond donors (Lipinski definition) is 4. The minimum atomic E-state index is -0.954. The zero-order chi connectivity index (χ0) is 13.5. The second-order valence-electron chi connectivity index (χ2n) is 4.88. The Bertz CT molecular complexity index is 296. The number of rotatable bonds is 6. The van der Waals surface area contributed by atoms with Crippen LogP contribution in [0.1, 0.15) is 38.5 Å². The van der Waals surface area contributed by atoms with Crippen molar-refractivity contribution in [3.63, 3.8) is 0 Å². The van der Waals surface area contributed by atoms with E-state index < -0.39 is 12.0 Å². The van der Waals surface area contributed by atoms with E-state index in [2.05, 4.69) is 5.32 Å². The van der Waals surface area contributed by atoms with E-state index in [1.165, 1.54) is 0 Å². The Balaban J connectivity index is 2.39. The van der Waals surface area contributed by atoms with Gasteiger partial charge in [-0.25, -0.2) is 0 Å². The molecule has 1 aliphatic rings. The average molecular weight is 258 g/mol. The van der Waals surface area contributed by atoms with E-state index in [0.717, 1.165) is 25.7 Å². The number of aliphatic carboxylic acids is 1. The molecule has 0 radical (unpaired) electrons. The number of amides is 1.